The molecular weight excluding hydrogens is 390 g/mol. The molecule has 2 amide bonds. The molecule has 1 N–H and O–H groups in total. The Labute approximate surface area is 167 Å². The van der Waals surface area contributed by atoms with Gasteiger partial charge in [-0.05, 0) is 43.7 Å². The van der Waals surface area contributed by atoms with E-state index in [0.29, 0.717) is 12.1 Å². The third-order valence-corrected chi connectivity index (χ3v) is 6.09. The third kappa shape index (κ3) is 5.92. The molecule has 0 radical (unpaired) electrons. The fourth-order valence-electron chi connectivity index (χ4n) is 2.94. The number of amides is 2. The lowest BCUT2D eigenvalue weighted by Crippen LogP contribution is -2.42. The first kappa shape index (κ1) is 23.4. The fraction of sp³-hybridized carbons (Fsp3) is 0.556. The molecule has 0 bridgehead atoms. The molecule has 1 atom stereocenters. The Morgan fingerprint density at radius 2 is 1.81 bits per heavy atom. The molecule has 0 saturated carbocycles. The largest absolute Gasteiger partial charge is 0.348 e. The van der Waals surface area contributed by atoms with E-state index in [1.54, 1.807) is 0 Å². The number of nitrogens with one attached hydrogen (secondary N) is 1. The van der Waals surface area contributed by atoms with Gasteiger partial charge < -0.3 is 15.1 Å². The predicted octanol–water partition coefficient (Wildman–Crippen LogP) is 1.18. The molecule has 152 valence electrons. The highest BCUT2D eigenvalue weighted by Crippen LogP contribution is 2.17. The van der Waals surface area contributed by atoms with E-state index < -0.39 is 21.5 Å². The van der Waals surface area contributed by atoms with Gasteiger partial charge in [-0.2, -0.15) is 0 Å². The summed E-state index contributed by atoms with van der Waals surface area (Å²) in [4.78, 5) is 27.7. The molecule has 2 rings (SSSR count). The molecule has 1 unspecified atom stereocenters. The Morgan fingerprint density at radius 3 is 2.30 bits per heavy atom. The second kappa shape index (κ2) is 10.1. The summed E-state index contributed by atoms with van der Waals surface area (Å²) in [5.41, 5.74) is 0.461. The summed E-state index contributed by atoms with van der Waals surface area (Å²) >= 11 is 0. The molecular formula is C18H28ClN3O4S. The maximum absolute atomic E-state index is 12.8. The molecule has 1 heterocycles. The van der Waals surface area contributed by atoms with Crippen LogP contribution in [0.25, 0.3) is 0 Å². The molecule has 7 nitrogen and oxygen atoms in total. The van der Waals surface area contributed by atoms with Gasteiger partial charge in [-0.3, -0.25) is 9.59 Å². The van der Waals surface area contributed by atoms with E-state index in [4.69, 9.17) is 0 Å². The van der Waals surface area contributed by atoms with E-state index in [-0.39, 0.29) is 29.3 Å². The van der Waals surface area contributed by atoms with Crippen LogP contribution in [0.4, 0.5) is 0 Å². The molecule has 0 spiro atoms. The number of carbonyl (C=O) groups is 2. The van der Waals surface area contributed by atoms with Crippen molar-refractivity contribution in [2.24, 2.45) is 0 Å². The molecule has 1 aliphatic rings. The lowest BCUT2D eigenvalue weighted by atomic mass is 10.1. The Hall–Kier alpha value is -1.64. The number of nitrogens with zero attached hydrogens (tertiary/aromatic N) is 2. The molecule has 9 heteroatoms. The van der Waals surface area contributed by atoms with Crippen molar-refractivity contribution in [2.75, 3.05) is 39.5 Å². The van der Waals surface area contributed by atoms with Crippen molar-refractivity contribution in [1.82, 2.24) is 15.1 Å². The quantitative estimate of drug-likeness (QED) is 0.720. The van der Waals surface area contributed by atoms with Gasteiger partial charge in [0.25, 0.3) is 5.91 Å². The van der Waals surface area contributed by atoms with Crippen LogP contribution in [0.3, 0.4) is 0 Å². The summed E-state index contributed by atoms with van der Waals surface area (Å²) in [5.74, 6) is -1.15. The van der Waals surface area contributed by atoms with Crippen LogP contribution < -0.4 is 5.32 Å². The molecule has 1 fully saturated rings. The van der Waals surface area contributed by atoms with Crippen LogP contribution in [-0.2, 0) is 14.6 Å². The number of hydrogen-bond donors (Lipinski definition) is 1. The zero-order chi connectivity index (χ0) is 19.3. The molecule has 0 aliphatic carbocycles. The first-order valence-corrected chi connectivity index (χ1v) is 10.5. The van der Waals surface area contributed by atoms with Crippen LogP contribution in [-0.4, -0.2) is 75.6 Å². The van der Waals surface area contributed by atoms with Gasteiger partial charge in [-0.25, -0.2) is 8.42 Å². The number of sulfone groups is 1. The van der Waals surface area contributed by atoms with Gasteiger partial charge in [0.2, 0.25) is 5.91 Å². The standard InChI is InChI=1S/C18H27N3O4S.ClH/c1-4-11-21(15-9-10-19-12-15)18(23)14-5-7-16(8-6-14)26(24,25)13-17(22)20(2)3;/h5-8,15,19H,4,9-13H2,1-3H3;1H. The van der Waals surface area contributed by atoms with Crippen molar-refractivity contribution in [2.45, 2.75) is 30.7 Å². The minimum Gasteiger partial charge on any atom is -0.348 e. The van der Waals surface area contributed by atoms with Gasteiger partial charge in [-0.1, -0.05) is 6.92 Å². The SMILES string of the molecule is CCCN(C(=O)c1ccc(S(=O)(=O)CC(=O)N(C)C)cc1)C1CCNC1.Cl. The van der Waals surface area contributed by atoms with Crippen LogP contribution >= 0.6 is 12.4 Å². The zero-order valence-electron chi connectivity index (χ0n) is 16.0. The van der Waals surface area contributed by atoms with E-state index in [0.717, 1.165) is 25.9 Å². The Kier molecular flexibility index (Phi) is 8.71. The smallest absolute Gasteiger partial charge is 0.254 e. The molecule has 1 aromatic carbocycles. The van der Waals surface area contributed by atoms with Crippen molar-refractivity contribution in [3.63, 3.8) is 0 Å². The minimum atomic E-state index is -3.72. The van der Waals surface area contributed by atoms with Gasteiger partial charge in [0.1, 0.15) is 5.75 Å². The summed E-state index contributed by atoms with van der Waals surface area (Å²) in [6.07, 6.45) is 1.78. The fourth-order valence-corrected chi connectivity index (χ4v) is 4.24. The molecule has 0 aromatic heterocycles. The highest BCUT2D eigenvalue weighted by atomic mass is 35.5. The Balaban J connectivity index is 0.00000364. The van der Waals surface area contributed by atoms with Crippen molar-refractivity contribution < 1.29 is 18.0 Å². The maximum atomic E-state index is 12.8. The summed E-state index contributed by atoms with van der Waals surface area (Å²) in [7, 11) is -0.692. The van der Waals surface area contributed by atoms with E-state index >= 15 is 0 Å². The summed E-state index contributed by atoms with van der Waals surface area (Å²) in [6, 6.07) is 6.04. The first-order valence-electron chi connectivity index (χ1n) is 8.81. The van der Waals surface area contributed by atoms with Crippen LogP contribution in [0.1, 0.15) is 30.1 Å². The average molecular weight is 418 g/mol. The number of hydrogen-bond acceptors (Lipinski definition) is 5. The normalized spacial score (nSPS) is 16.5. The van der Waals surface area contributed by atoms with Gasteiger partial charge in [0.15, 0.2) is 9.84 Å². The third-order valence-electron chi connectivity index (χ3n) is 4.47. The van der Waals surface area contributed by atoms with Gasteiger partial charge >= 0.3 is 0 Å². The minimum absolute atomic E-state index is 0. The van der Waals surface area contributed by atoms with Crippen LogP contribution in [0.5, 0.6) is 0 Å². The molecule has 27 heavy (non-hydrogen) atoms. The Bertz CT molecular complexity index is 744. The number of rotatable bonds is 7. The summed E-state index contributed by atoms with van der Waals surface area (Å²) in [5, 5.41) is 3.26. The maximum Gasteiger partial charge on any atom is 0.254 e. The number of benzene rings is 1. The van der Waals surface area contributed by atoms with Gasteiger partial charge in [-0.15, -0.1) is 12.4 Å². The van der Waals surface area contributed by atoms with Crippen molar-refractivity contribution in [1.29, 1.82) is 0 Å². The molecule has 1 aliphatic heterocycles. The molecule has 1 aromatic rings. The van der Waals surface area contributed by atoms with Gasteiger partial charge in [0, 0.05) is 38.8 Å². The highest BCUT2D eigenvalue weighted by molar-refractivity contribution is 7.92. The monoisotopic (exact) mass is 417 g/mol. The second-order valence-electron chi connectivity index (χ2n) is 6.72. The highest BCUT2D eigenvalue weighted by Gasteiger charge is 2.27. The van der Waals surface area contributed by atoms with Crippen LogP contribution in [0.2, 0.25) is 0 Å². The first-order chi connectivity index (χ1) is 12.3. The topological polar surface area (TPSA) is 86.8 Å². The predicted molar refractivity (Wildman–Crippen MR) is 107 cm³/mol. The van der Waals surface area contributed by atoms with E-state index in [9.17, 15) is 18.0 Å². The summed E-state index contributed by atoms with van der Waals surface area (Å²) in [6.45, 7) is 4.38. The second-order valence-corrected chi connectivity index (χ2v) is 8.71. The van der Waals surface area contributed by atoms with Gasteiger partial charge in [0.05, 0.1) is 4.90 Å². The lowest BCUT2D eigenvalue weighted by molar-refractivity contribution is -0.125. The van der Waals surface area contributed by atoms with Crippen molar-refractivity contribution >= 4 is 34.1 Å². The van der Waals surface area contributed by atoms with E-state index in [1.165, 1.54) is 43.3 Å². The lowest BCUT2D eigenvalue weighted by Gasteiger charge is -2.28. The Morgan fingerprint density at radius 1 is 1.19 bits per heavy atom. The molecule has 1 saturated heterocycles. The number of halogens is 1. The van der Waals surface area contributed by atoms with Crippen LogP contribution in [0.15, 0.2) is 29.2 Å². The zero-order valence-corrected chi connectivity index (χ0v) is 17.6. The number of carbonyl (C=O) groups excluding carboxylic acids is 2. The summed E-state index contributed by atoms with van der Waals surface area (Å²) < 4.78 is 24.6. The average Bonchev–Trinajstić information content (AvgIpc) is 3.13. The van der Waals surface area contributed by atoms with Crippen molar-refractivity contribution in [3.05, 3.63) is 29.8 Å². The van der Waals surface area contributed by atoms with E-state index in [2.05, 4.69) is 5.32 Å². The van der Waals surface area contributed by atoms with E-state index in [1.807, 2.05) is 11.8 Å². The van der Waals surface area contributed by atoms with Crippen LogP contribution in [0, 0.1) is 0 Å². The van der Waals surface area contributed by atoms with Crippen molar-refractivity contribution in [3.8, 4) is 0 Å².